The van der Waals surface area contributed by atoms with Crippen molar-refractivity contribution < 1.29 is 72.2 Å². The molecule has 6 aromatic rings. The van der Waals surface area contributed by atoms with Gasteiger partial charge in [0, 0.05) is 109 Å². The molecule has 4 aliphatic heterocycles. The van der Waals surface area contributed by atoms with Gasteiger partial charge < -0.3 is 118 Å². The van der Waals surface area contributed by atoms with Gasteiger partial charge in [0.15, 0.2) is 17.9 Å². The van der Waals surface area contributed by atoms with Crippen molar-refractivity contribution in [2.24, 2.45) is 49.4 Å². The van der Waals surface area contributed by atoms with Crippen LogP contribution in [0.15, 0.2) is 161 Å². The number of fused-ring (bicyclic) bond motifs is 3. The van der Waals surface area contributed by atoms with Gasteiger partial charge in [-0.3, -0.25) is 82.1 Å². The highest BCUT2D eigenvalue weighted by molar-refractivity contribution is 6.00. The van der Waals surface area contributed by atoms with Crippen LogP contribution < -0.4 is 98.2 Å². The maximum absolute atomic E-state index is 14.6. The number of phenolic OH excluding ortho intramolecular Hbond substituents is 1. The summed E-state index contributed by atoms with van der Waals surface area (Å²) in [6, 6.07) is 27.2. The molecule has 0 unspecified atom stereocenters. The number of H-pyrrole nitrogens is 1. The van der Waals surface area contributed by atoms with Crippen molar-refractivity contribution in [3.05, 3.63) is 174 Å². The number of aromatic nitrogens is 1. The lowest BCUT2D eigenvalue weighted by Crippen LogP contribution is -2.60. The Hall–Kier alpha value is -14.2. The Morgan fingerprint density at radius 1 is 0.414 bits per heavy atom. The van der Waals surface area contributed by atoms with Crippen LogP contribution in [-0.4, -0.2) is 239 Å². The number of hydrogen-bond acceptors (Lipinski definition) is 18. The van der Waals surface area contributed by atoms with E-state index in [0.717, 1.165) is 27.6 Å². The minimum absolute atomic E-state index is 0.00508. The quantitative estimate of drug-likeness (QED) is 0.0147. The van der Waals surface area contributed by atoms with E-state index < -0.39 is 155 Å². The molecule has 4 aliphatic rings. The molecule has 26 N–H and O–H groups in total. The van der Waals surface area contributed by atoms with Gasteiger partial charge in [0.2, 0.25) is 82.7 Å². The summed E-state index contributed by atoms with van der Waals surface area (Å²) in [5.74, 6) is -8.60. The fraction of sp³-hybridized carbons (Fsp3) is 0.449. The fourth-order valence-corrected chi connectivity index (χ4v) is 15.8. The van der Waals surface area contributed by atoms with E-state index in [0.29, 0.717) is 36.8 Å². The Morgan fingerprint density at radius 3 is 1.18 bits per heavy atom. The second-order valence-corrected chi connectivity index (χ2v) is 32.1. The molecule has 5 aromatic carbocycles. The molecule has 0 spiro atoms. The summed E-state index contributed by atoms with van der Waals surface area (Å²) < 4.78 is 0. The molecular formula is C89H120N24O15. The molecule has 14 amide bonds. The minimum Gasteiger partial charge on any atom is -0.508 e. The van der Waals surface area contributed by atoms with Crippen molar-refractivity contribution in [3.8, 4) is 5.75 Å². The zero-order valence-electron chi connectivity index (χ0n) is 72.0. The van der Waals surface area contributed by atoms with E-state index in [-0.39, 0.29) is 166 Å². The van der Waals surface area contributed by atoms with Gasteiger partial charge in [-0.1, -0.05) is 121 Å². The average Bonchev–Trinajstić information content (AvgIpc) is 1.67. The number of nitrogens with zero attached hydrogens (tertiary/aromatic N) is 5. The summed E-state index contributed by atoms with van der Waals surface area (Å²) in [4.78, 5) is 213. The standard InChI is InChI=1S/C47H59N11O8.C42H61N13O7/c1-28(59)53-37(24-29-10-3-2-4-11-29)42(62)55-36-15-8-21-50-41(61)35(14-7-22-51-47(48)49)54-44(64)39(26-31-27-52-34-13-6-5-12-33(31)34)56-43(63)38(25-30-17-19-32(60)20-18-30)57-45(65)40-16-9-23-58(40)46(36)66;1-26(56)50-32(24-27-12-4-2-5-13-27)37(59)53-31-18-10-20-47-35(57)29(16-8-21-48-41(43)44)51-38(60)33(25-28-14-6-3-7-15-28)54-36(58)30(17-9-22-49-42(45)46)52-39(61)34-19-11-23-55(34)40(31)62/h2-6,10-13,17-20,27,35-40,52,60H,7-9,14-16,21-26H2,1H3,(H,50,61)(H,53,59)(H,54,64)(H,55,62)(H,56,63)(H,57,65)(H4,48,49,51);2-7,12-15,29-34H,8-11,16-25H2,1H3,(H,47,57)(H,50,56)(H,51,60)(H,52,61)(H,53,59)(H,54,58)(H4,43,44,48)(H4,45,46,49)/t35-,36-,37-,38+,39-,40-;29-,30+,31-,32-,33-,34-/m00/s1. The van der Waals surface area contributed by atoms with Crippen LogP contribution in [0.5, 0.6) is 5.75 Å². The number of amides is 14. The predicted octanol–water partition coefficient (Wildman–Crippen LogP) is -1.78. The number of benzene rings is 5. The number of carbonyl (C=O) groups is 14. The van der Waals surface area contributed by atoms with E-state index in [2.05, 4.69) is 83.8 Å². The van der Waals surface area contributed by atoms with Crippen LogP contribution in [0.2, 0.25) is 0 Å². The van der Waals surface area contributed by atoms with E-state index in [1.165, 1.54) is 35.8 Å². The highest BCUT2D eigenvalue weighted by Crippen LogP contribution is 2.26. The number of aromatic hydroxyl groups is 1. The number of nitrogens with two attached hydrogens (primary N) is 6. The largest absolute Gasteiger partial charge is 0.508 e. The normalized spacial score (nSPS) is 21.7. The number of hydrogen-bond donors (Lipinski definition) is 20. The third kappa shape index (κ3) is 30.9. The van der Waals surface area contributed by atoms with Crippen LogP contribution in [0.4, 0.5) is 0 Å². The van der Waals surface area contributed by atoms with Crippen LogP contribution >= 0.6 is 0 Å². The summed E-state index contributed by atoms with van der Waals surface area (Å²) in [6.45, 7) is 3.54. The number of aliphatic imine (C=N–C) groups is 3. The Morgan fingerprint density at radius 2 is 0.766 bits per heavy atom. The van der Waals surface area contributed by atoms with Gasteiger partial charge >= 0.3 is 0 Å². The molecule has 12 atom stereocenters. The molecule has 128 heavy (non-hydrogen) atoms. The summed E-state index contributed by atoms with van der Waals surface area (Å²) in [7, 11) is 0. The molecule has 39 heteroatoms. The SMILES string of the molecule is CC(=O)N[C@@H](Cc1ccccc1)C(=O)N[C@H]1CCCNC(=O)[C@H](CCCN=C(N)N)NC(=O)[C@H](Cc2c[nH]c3ccccc23)NC(=O)[C@@H](Cc2ccc(O)cc2)NC(=O)[C@@H]2CCCN2C1=O.CC(=O)N[C@@H](Cc1ccccc1)C(=O)N[C@H]1CCCNC(=O)[C@H](CCCN=C(N)N)NC(=O)[C@H](Cc2ccccc2)NC(=O)[C@@H](CCCN=C(N)N)NC(=O)[C@@H]2CCCN2C1=O. The lowest BCUT2D eigenvalue weighted by molar-refractivity contribution is -0.142. The number of para-hydroxylation sites is 1. The molecule has 0 saturated carbocycles. The average molecular weight is 1770 g/mol. The third-order valence-electron chi connectivity index (χ3n) is 22.2. The maximum atomic E-state index is 14.6. The smallest absolute Gasteiger partial charge is 0.245 e. The number of rotatable bonds is 28. The molecule has 0 aliphatic carbocycles. The fourth-order valence-electron chi connectivity index (χ4n) is 15.8. The summed E-state index contributed by atoms with van der Waals surface area (Å²) in [5.41, 5.74) is 37.5. The molecule has 10 rings (SSSR count). The van der Waals surface area contributed by atoms with Crippen LogP contribution in [-0.2, 0) is 99.2 Å². The van der Waals surface area contributed by atoms with Gasteiger partial charge in [-0.15, -0.1) is 0 Å². The van der Waals surface area contributed by atoms with Crippen molar-refractivity contribution in [2.45, 2.75) is 208 Å². The second kappa shape index (κ2) is 49.5. The van der Waals surface area contributed by atoms with Crippen LogP contribution in [0.1, 0.15) is 132 Å². The first-order valence-electron chi connectivity index (χ1n) is 43.2. The third-order valence-corrected chi connectivity index (χ3v) is 22.2. The second-order valence-electron chi connectivity index (χ2n) is 32.1. The van der Waals surface area contributed by atoms with E-state index in [1.807, 2.05) is 78.9 Å². The first-order chi connectivity index (χ1) is 61.5. The lowest BCUT2D eigenvalue weighted by atomic mass is 10.0. The molecule has 1 aromatic heterocycles. The van der Waals surface area contributed by atoms with E-state index >= 15 is 0 Å². The van der Waals surface area contributed by atoms with Crippen molar-refractivity contribution in [3.63, 3.8) is 0 Å². The Kier molecular flexibility index (Phi) is 37.8. The Bertz CT molecular complexity index is 4890. The van der Waals surface area contributed by atoms with Crippen molar-refractivity contribution in [2.75, 3.05) is 45.8 Å². The molecule has 0 bridgehead atoms. The van der Waals surface area contributed by atoms with Crippen LogP contribution in [0.25, 0.3) is 10.9 Å². The molecule has 0 radical (unpaired) electrons. The molecule has 686 valence electrons. The zero-order chi connectivity index (χ0) is 92.2. The van der Waals surface area contributed by atoms with Gasteiger partial charge in [-0.2, -0.15) is 0 Å². The predicted molar refractivity (Wildman–Crippen MR) is 479 cm³/mol. The summed E-state index contributed by atoms with van der Waals surface area (Å²) in [6.07, 6.45) is 5.17. The Balaban J connectivity index is 0.000000290. The molecule has 39 nitrogen and oxygen atoms in total. The molecule has 5 heterocycles. The first-order valence-corrected chi connectivity index (χ1v) is 43.2. The van der Waals surface area contributed by atoms with Crippen LogP contribution in [0, 0.1) is 0 Å². The van der Waals surface area contributed by atoms with Gasteiger partial charge in [-0.25, -0.2) is 0 Å². The summed E-state index contributed by atoms with van der Waals surface area (Å²) >= 11 is 0. The monoisotopic (exact) mass is 1760 g/mol. The van der Waals surface area contributed by atoms with Crippen molar-refractivity contribution in [1.82, 2.24) is 78.6 Å². The van der Waals surface area contributed by atoms with Gasteiger partial charge in [0.25, 0.3) is 0 Å². The minimum atomic E-state index is -1.28. The zero-order valence-corrected chi connectivity index (χ0v) is 72.0. The van der Waals surface area contributed by atoms with E-state index in [4.69, 9.17) is 34.4 Å². The van der Waals surface area contributed by atoms with Gasteiger partial charge in [0.05, 0.1) is 0 Å². The van der Waals surface area contributed by atoms with Crippen LogP contribution in [0.3, 0.4) is 0 Å². The number of aromatic amines is 1. The number of carbonyl (C=O) groups excluding carboxylic acids is 14. The Labute approximate surface area is 741 Å². The van der Waals surface area contributed by atoms with E-state index in [1.54, 1.807) is 54.7 Å². The summed E-state index contributed by atoms with van der Waals surface area (Å²) in [5, 5.41) is 44.5. The van der Waals surface area contributed by atoms with Crippen molar-refractivity contribution >= 4 is 111 Å². The number of guanidine groups is 3. The number of phenols is 1. The first kappa shape index (κ1) is 97.6. The molecular weight excluding hydrogens is 1650 g/mol. The maximum Gasteiger partial charge on any atom is 0.245 e. The molecule has 4 fully saturated rings. The van der Waals surface area contributed by atoms with Crippen molar-refractivity contribution in [1.29, 1.82) is 0 Å². The highest BCUT2D eigenvalue weighted by atomic mass is 16.3. The van der Waals surface area contributed by atoms with E-state index in [9.17, 15) is 72.2 Å². The topological polar surface area (TPSA) is 619 Å². The number of nitrogens with one attached hydrogen (secondary N) is 13. The van der Waals surface area contributed by atoms with Gasteiger partial charge in [0.1, 0.15) is 78.3 Å². The van der Waals surface area contributed by atoms with Gasteiger partial charge in [-0.05, 0) is 136 Å². The highest BCUT2D eigenvalue weighted by Gasteiger charge is 2.43. The molecule has 4 saturated heterocycles. The lowest BCUT2D eigenvalue weighted by Gasteiger charge is -2.31.